The Morgan fingerprint density at radius 2 is 1.77 bits per heavy atom. The minimum atomic E-state index is 0.0777. The van der Waals surface area contributed by atoms with Crippen LogP contribution in [0.25, 0.3) is 16.8 Å². The smallest absolute Gasteiger partial charge is 0.223 e. The van der Waals surface area contributed by atoms with Gasteiger partial charge in [-0.3, -0.25) is 4.79 Å². The first-order valence-electron chi connectivity index (χ1n) is 10.4. The van der Waals surface area contributed by atoms with E-state index in [1.54, 1.807) is 20.4 Å². The predicted octanol–water partition coefficient (Wildman–Crippen LogP) is 3.52. The maximum atomic E-state index is 12.1. The molecule has 2 atom stereocenters. The number of rotatable bonds is 8. The van der Waals surface area contributed by atoms with Crippen molar-refractivity contribution >= 4 is 11.6 Å². The van der Waals surface area contributed by atoms with Gasteiger partial charge in [-0.2, -0.15) is 0 Å². The first kappa shape index (κ1) is 21.6. The second-order valence-electron chi connectivity index (χ2n) is 7.47. The summed E-state index contributed by atoms with van der Waals surface area (Å²) in [6, 6.07) is 14.3. The fraction of sp³-hybridized carbons (Fsp3) is 0.375. The van der Waals surface area contributed by atoms with Crippen molar-refractivity contribution in [1.82, 2.24) is 10.6 Å². The Morgan fingerprint density at radius 1 is 1.07 bits per heavy atom. The molecular formula is C24H31N3O3. The van der Waals surface area contributed by atoms with Gasteiger partial charge in [-0.1, -0.05) is 30.3 Å². The molecular weight excluding hydrogens is 378 g/mol. The molecule has 1 aliphatic carbocycles. The molecule has 0 aliphatic heterocycles. The van der Waals surface area contributed by atoms with Crippen LogP contribution < -0.4 is 25.8 Å². The van der Waals surface area contributed by atoms with Crippen molar-refractivity contribution in [3.05, 3.63) is 54.2 Å². The summed E-state index contributed by atoms with van der Waals surface area (Å²) in [6.45, 7) is 2.62. The van der Waals surface area contributed by atoms with Crippen LogP contribution >= 0.6 is 0 Å². The molecule has 6 heteroatoms. The summed E-state index contributed by atoms with van der Waals surface area (Å²) < 4.78 is 10.7. The van der Waals surface area contributed by atoms with Crippen LogP contribution in [0.1, 0.15) is 31.7 Å². The molecule has 4 N–H and O–H groups in total. The van der Waals surface area contributed by atoms with Crippen molar-refractivity contribution in [3.8, 4) is 22.6 Å². The largest absolute Gasteiger partial charge is 0.493 e. The summed E-state index contributed by atoms with van der Waals surface area (Å²) >= 11 is 0. The number of amides is 1. The van der Waals surface area contributed by atoms with Crippen molar-refractivity contribution in [3.63, 3.8) is 0 Å². The molecule has 2 aromatic rings. The molecule has 2 unspecified atom stereocenters. The molecule has 3 rings (SSSR count). The van der Waals surface area contributed by atoms with Gasteiger partial charge < -0.3 is 25.8 Å². The molecule has 160 valence electrons. The Labute approximate surface area is 178 Å². The van der Waals surface area contributed by atoms with Crippen molar-refractivity contribution in [1.29, 1.82) is 0 Å². The van der Waals surface area contributed by atoms with Crippen LogP contribution in [0.2, 0.25) is 0 Å². The van der Waals surface area contributed by atoms with Gasteiger partial charge in [0.05, 0.1) is 19.9 Å². The van der Waals surface area contributed by atoms with Crippen LogP contribution in [0.5, 0.6) is 11.5 Å². The lowest BCUT2D eigenvalue weighted by atomic mass is 10.0. The summed E-state index contributed by atoms with van der Waals surface area (Å²) in [5.74, 6) is 1.64. The van der Waals surface area contributed by atoms with Crippen LogP contribution in [0.15, 0.2) is 48.7 Å². The van der Waals surface area contributed by atoms with E-state index in [0.717, 1.165) is 41.6 Å². The maximum Gasteiger partial charge on any atom is 0.223 e. The highest BCUT2D eigenvalue weighted by atomic mass is 16.5. The number of benzene rings is 2. The van der Waals surface area contributed by atoms with Gasteiger partial charge in [0, 0.05) is 24.7 Å². The molecule has 0 saturated heterocycles. The van der Waals surface area contributed by atoms with Gasteiger partial charge in [0.1, 0.15) is 0 Å². The van der Waals surface area contributed by atoms with E-state index >= 15 is 0 Å². The normalized spacial score (nSPS) is 18.7. The number of carbonyl (C=O) groups excluding carboxylic acids is 1. The van der Waals surface area contributed by atoms with Gasteiger partial charge in [0.2, 0.25) is 5.91 Å². The summed E-state index contributed by atoms with van der Waals surface area (Å²) in [7, 11) is 3.26. The molecule has 1 fully saturated rings. The molecule has 1 amide bonds. The Kier molecular flexibility index (Phi) is 7.22. The minimum absolute atomic E-state index is 0.0777. The average molecular weight is 410 g/mol. The van der Waals surface area contributed by atoms with Crippen molar-refractivity contribution in [2.75, 3.05) is 20.8 Å². The van der Waals surface area contributed by atoms with E-state index < -0.39 is 0 Å². The lowest BCUT2D eigenvalue weighted by Gasteiger charge is -2.18. The number of methoxy groups -OCH3 is 2. The molecule has 2 aromatic carbocycles. The van der Waals surface area contributed by atoms with Crippen LogP contribution in [0, 0.1) is 5.92 Å². The maximum absolute atomic E-state index is 12.1. The lowest BCUT2D eigenvalue weighted by Crippen LogP contribution is -2.31. The third-order valence-electron chi connectivity index (χ3n) is 5.59. The third kappa shape index (κ3) is 4.87. The predicted molar refractivity (Wildman–Crippen MR) is 120 cm³/mol. The first-order valence-corrected chi connectivity index (χ1v) is 10.4. The third-order valence-corrected chi connectivity index (χ3v) is 5.59. The fourth-order valence-electron chi connectivity index (χ4n) is 3.97. The minimum Gasteiger partial charge on any atom is -0.493 e. The summed E-state index contributed by atoms with van der Waals surface area (Å²) in [5, 5.41) is 6.44. The zero-order valence-corrected chi connectivity index (χ0v) is 17.9. The quantitative estimate of drug-likeness (QED) is 0.621. The number of hydrogen-bond donors (Lipinski definition) is 3. The molecule has 0 heterocycles. The second-order valence-corrected chi connectivity index (χ2v) is 7.47. The molecule has 0 bridgehead atoms. The van der Waals surface area contributed by atoms with Gasteiger partial charge in [-0.15, -0.1) is 0 Å². The van der Waals surface area contributed by atoms with Gasteiger partial charge in [0.25, 0.3) is 0 Å². The number of ether oxygens (including phenoxy) is 2. The Balaban J connectivity index is 1.68. The monoisotopic (exact) mass is 409 g/mol. The van der Waals surface area contributed by atoms with E-state index in [1.165, 1.54) is 0 Å². The fourth-order valence-corrected chi connectivity index (χ4v) is 3.97. The highest BCUT2D eigenvalue weighted by Crippen LogP contribution is 2.33. The van der Waals surface area contributed by atoms with E-state index in [-0.39, 0.29) is 17.9 Å². The zero-order valence-electron chi connectivity index (χ0n) is 17.9. The SMILES string of the molecule is CCNC(=O)C1CCC(N/C(=C\N)c2ccc(-c3ccc(OC)c(OC)c3)cc2)C1. The van der Waals surface area contributed by atoms with Crippen molar-refractivity contribution in [2.24, 2.45) is 11.7 Å². The number of nitrogens with one attached hydrogen (secondary N) is 2. The van der Waals surface area contributed by atoms with Crippen molar-refractivity contribution in [2.45, 2.75) is 32.2 Å². The van der Waals surface area contributed by atoms with Crippen LogP contribution in [-0.4, -0.2) is 32.7 Å². The summed E-state index contributed by atoms with van der Waals surface area (Å²) in [6.07, 6.45) is 4.29. The van der Waals surface area contributed by atoms with E-state index in [4.69, 9.17) is 15.2 Å². The van der Waals surface area contributed by atoms with Gasteiger partial charge in [-0.05, 0) is 55.0 Å². The molecule has 0 spiro atoms. The van der Waals surface area contributed by atoms with Crippen LogP contribution in [-0.2, 0) is 4.79 Å². The average Bonchev–Trinajstić information content (AvgIpc) is 3.26. The lowest BCUT2D eigenvalue weighted by molar-refractivity contribution is -0.124. The topological polar surface area (TPSA) is 85.6 Å². The van der Waals surface area contributed by atoms with E-state index in [9.17, 15) is 4.79 Å². The van der Waals surface area contributed by atoms with Crippen molar-refractivity contribution < 1.29 is 14.3 Å². The van der Waals surface area contributed by atoms with Gasteiger partial charge in [0.15, 0.2) is 11.5 Å². The van der Waals surface area contributed by atoms with Gasteiger partial charge >= 0.3 is 0 Å². The number of hydrogen-bond acceptors (Lipinski definition) is 5. The summed E-state index contributed by atoms with van der Waals surface area (Å²) in [5.41, 5.74) is 9.94. The number of carbonyl (C=O) groups is 1. The zero-order chi connectivity index (χ0) is 21.5. The Bertz CT molecular complexity index is 893. The molecule has 1 aliphatic rings. The summed E-state index contributed by atoms with van der Waals surface area (Å²) in [4.78, 5) is 12.1. The molecule has 1 saturated carbocycles. The standard InChI is InChI=1S/C24H31N3O3/c1-4-26-24(28)19-9-11-20(13-19)27-21(15-25)17-7-5-16(6-8-17)18-10-12-22(29-2)23(14-18)30-3/h5-8,10,12,14-15,19-20,27H,4,9,11,13,25H2,1-3H3,(H,26,28)/b21-15-. The second kappa shape index (κ2) is 10.1. The molecule has 6 nitrogen and oxygen atoms in total. The highest BCUT2D eigenvalue weighted by molar-refractivity contribution is 5.79. The molecule has 0 radical (unpaired) electrons. The van der Waals surface area contributed by atoms with E-state index in [1.807, 2.05) is 37.3 Å². The van der Waals surface area contributed by atoms with Crippen LogP contribution in [0.4, 0.5) is 0 Å². The van der Waals surface area contributed by atoms with Crippen LogP contribution in [0.3, 0.4) is 0 Å². The van der Waals surface area contributed by atoms with E-state index in [0.29, 0.717) is 18.0 Å². The number of nitrogens with two attached hydrogens (primary N) is 1. The molecule has 0 aromatic heterocycles. The molecule has 30 heavy (non-hydrogen) atoms. The first-order chi connectivity index (χ1) is 14.6. The van der Waals surface area contributed by atoms with Gasteiger partial charge in [-0.25, -0.2) is 0 Å². The Hall–Kier alpha value is -3.15. The Morgan fingerprint density at radius 3 is 2.40 bits per heavy atom. The highest BCUT2D eigenvalue weighted by Gasteiger charge is 2.29. The van der Waals surface area contributed by atoms with E-state index in [2.05, 4.69) is 22.8 Å².